The van der Waals surface area contributed by atoms with Crippen LogP contribution in [0.1, 0.15) is 11.3 Å². The molecule has 0 radical (unpaired) electrons. The van der Waals surface area contributed by atoms with Gasteiger partial charge < -0.3 is 19.1 Å². The van der Waals surface area contributed by atoms with Gasteiger partial charge in [-0.2, -0.15) is 0 Å². The first-order valence-electron chi connectivity index (χ1n) is 10.4. The lowest BCUT2D eigenvalue weighted by Crippen LogP contribution is -2.20. The first-order valence-corrected chi connectivity index (χ1v) is 10.4. The maximum Gasteiger partial charge on any atom is 0.258 e. The van der Waals surface area contributed by atoms with E-state index in [2.05, 4.69) is 0 Å². The number of amides is 1. The minimum atomic E-state index is -0.0531. The van der Waals surface area contributed by atoms with E-state index in [-0.39, 0.29) is 5.91 Å². The maximum absolute atomic E-state index is 13.0. The minimum absolute atomic E-state index is 0.0531. The quantitative estimate of drug-likeness (QED) is 0.426. The van der Waals surface area contributed by atoms with E-state index >= 15 is 0 Å². The molecular formula is C26H23N3O4. The molecule has 166 valence electrons. The zero-order chi connectivity index (χ0) is 23.1. The van der Waals surface area contributed by atoms with Crippen LogP contribution in [-0.4, -0.2) is 43.7 Å². The summed E-state index contributed by atoms with van der Waals surface area (Å²) in [5, 5.41) is 0. The fourth-order valence-corrected chi connectivity index (χ4v) is 4.26. The Kier molecular flexibility index (Phi) is 5.01. The second-order valence-corrected chi connectivity index (χ2v) is 7.63. The van der Waals surface area contributed by atoms with Crippen LogP contribution in [0.4, 0.5) is 5.69 Å². The van der Waals surface area contributed by atoms with Gasteiger partial charge in [-0.05, 0) is 36.4 Å². The molecule has 0 saturated carbocycles. The summed E-state index contributed by atoms with van der Waals surface area (Å²) >= 11 is 0. The Balaban J connectivity index is 1.72. The summed E-state index contributed by atoms with van der Waals surface area (Å²) < 4.78 is 18.5. The number of benzene rings is 2. The topological polar surface area (TPSA) is 65.3 Å². The molecule has 2 aromatic carbocycles. The Morgan fingerprint density at radius 2 is 1.61 bits per heavy atom. The lowest BCUT2D eigenvalue weighted by atomic mass is 10.1. The van der Waals surface area contributed by atoms with Crippen molar-refractivity contribution >= 4 is 28.8 Å². The van der Waals surface area contributed by atoms with Crippen molar-refractivity contribution < 1.29 is 19.0 Å². The SMILES string of the molecule is COc1cc(-c2nc(/C=C3/C(=O)N(C)c4ccccc43)c3ccccn23)cc(OC)c1OC. The molecule has 1 aliphatic heterocycles. The van der Waals surface area contributed by atoms with Gasteiger partial charge in [0, 0.05) is 24.4 Å². The number of imidazole rings is 1. The Hall–Kier alpha value is -4.26. The molecule has 5 rings (SSSR count). The van der Waals surface area contributed by atoms with Gasteiger partial charge in [0.2, 0.25) is 5.75 Å². The standard InChI is InChI=1S/C26H23N3O4/c1-28-20-10-6-5-9-17(20)18(26(28)30)15-19-21-11-7-8-12-29(21)25(27-19)16-13-22(31-2)24(33-4)23(14-16)32-3/h5-15H,1-4H3/b18-15+. The number of para-hydroxylation sites is 1. The second-order valence-electron chi connectivity index (χ2n) is 7.63. The average molecular weight is 441 g/mol. The van der Waals surface area contributed by atoms with Crippen molar-refractivity contribution in [2.24, 2.45) is 0 Å². The highest BCUT2D eigenvalue weighted by Crippen LogP contribution is 2.42. The summed E-state index contributed by atoms with van der Waals surface area (Å²) in [6.07, 6.45) is 3.81. The predicted octanol–water partition coefficient (Wildman–Crippen LogP) is 4.54. The molecule has 0 fully saturated rings. The molecule has 0 aliphatic carbocycles. The van der Waals surface area contributed by atoms with Crippen LogP contribution in [0.5, 0.6) is 17.2 Å². The van der Waals surface area contributed by atoms with Crippen LogP contribution in [0.25, 0.3) is 28.6 Å². The summed E-state index contributed by atoms with van der Waals surface area (Å²) in [4.78, 5) is 19.6. The minimum Gasteiger partial charge on any atom is -0.493 e. The zero-order valence-electron chi connectivity index (χ0n) is 18.8. The smallest absolute Gasteiger partial charge is 0.258 e. The lowest BCUT2D eigenvalue weighted by molar-refractivity contribution is -0.112. The molecule has 1 aliphatic rings. The highest BCUT2D eigenvalue weighted by Gasteiger charge is 2.29. The van der Waals surface area contributed by atoms with Crippen molar-refractivity contribution in [3.05, 3.63) is 72.1 Å². The van der Waals surface area contributed by atoms with E-state index in [1.807, 2.05) is 71.3 Å². The molecule has 2 aromatic heterocycles. The van der Waals surface area contributed by atoms with Crippen LogP contribution in [0.15, 0.2) is 60.8 Å². The van der Waals surface area contributed by atoms with Crippen LogP contribution in [0.3, 0.4) is 0 Å². The number of anilines is 1. The van der Waals surface area contributed by atoms with Gasteiger partial charge in [0.05, 0.1) is 43.8 Å². The number of pyridine rings is 1. The van der Waals surface area contributed by atoms with E-state index in [0.29, 0.717) is 34.3 Å². The van der Waals surface area contributed by atoms with Crippen molar-refractivity contribution in [3.8, 4) is 28.6 Å². The van der Waals surface area contributed by atoms with E-state index < -0.39 is 0 Å². The van der Waals surface area contributed by atoms with Crippen LogP contribution < -0.4 is 19.1 Å². The summed E-state index contributed by atoms with van der Waals surface area (Å²) in [5.74, 6) is 2.25. The molecule has 0 spiro atoms. The highest BCUT2D eigenvalue weighted by atomic mass is 16.5. The average Bonchev–Trinajstić information content (AvgIpc) is 3.34. The number of nitrogens with zero attached hydrogens (tertiary/aromatic N) is 3. The Labute approximate surface area is 191 Å². The van der Waals surface area contributed by atoms with Crippen LogP contribution in [-0.2, 0) is 4.79 Å². The molecule has 4 aromatic rings. The van der Waals surface area contributed by atoms with Gasteiger partial charge >= 0.3 is 0 Å². The molecule has 0 bridgehead atoms. The molecule has 0 saturated heterocycles. The van der Waals surface area contributed by atoms with Gasteiger partial charge in [0.1, 0.15) is 5.82 Å². The van der Waals surface area contributed by atoms with Gasteiger partial charge in [0.25, 0.3) is 5.91 Å². The molecule has 0 atom stereocenters. The predicted molar refractivity (Wildman–Crippen MR) is 128 cm³/mol. The first-order chi connectivity index (χ1) is 16.1. The third-order valence-corrected chi connectivity index (χ3v) is 5.87. The number of ether oxygens (including phenoxy) is 3. The highest BCUT2D eigenvalue weighted by molar-refractivity contribution is 6.35. The van der Waals surface area contributed by atoms with Crippen molar-refractivity contribution in [3.63, 3.8) is 0 Å². The molecule has 33 heavy (non-hydrogen) atoms. The number of methoxy groups -OCH3 is 3. The van der Waals surface area contributed by atoms with Crippen molar-refractivity contribution in [1.29, 1.82) is 0 Å². The number of rotatable bonds is 5. The number of fused-ring (bicyclic) bond motifs is 2. The number of hydrogen-bond donors (Lipinski definition) is 0. The van der Waals surface area contributed by atoms with Crippen LogP contribution in [0, 0.1) is 0 Å². The van der Waals surface area contributed by atoms with Crippen molar-refractivity contribution in [2.75, 3.05) is 33.3 Å². The van der Waals surface area contributed by atoms with Gasteiger partial charge in [-0.25, -0.2) is 4.98 Å². The number of aromatic nitrogens is 2. The fourth-order valence-electron chi connectivity index (χ4n) is 4.26. The Morgan fingerprint density at radius 1 is 0.909 bits per heavy atom. The van der Waals surface area contributed by atoms with Gasteiger partial charge in [0.15, 0.2) is 11.5 Å². The number of carbonyl (C=O) groups excluding carboxylic acids is 1. The maximum atomic E-state index is 13.0. The zero-order valence-corrected chi connectivity index (χ0v) is 18.8. The number of hydrogen-bond acceptors (Lipinski definition) is 5. The van der Waals surface area contributed by atoms with Crippen LogP contribution in [0.2, 0.25) is 0 Å². The normalized spacial score (nSPS) is 14.1. The molecule has 7 heteroatoms. The van der Waals surface area contributed by atoms with Gasteiger partial charge in [-0.15, -0.1) is 0 Å². The van der Waals surface area contributed by atoms with Crippen LogP contribution >= 0.6 is 0 Å². The summed E-state index contributed by atoms with van der Waals surface area (Å²) in [7, 11) is 6.53. The largest absolute Gasteiger partial charge is 0.493 e. The van der Waals surface area contributed by atoms with E-state index in [4.69, 9.17) is 19.2 Å². The van der Waals surface area contributed by atoms with Crippen molar-refractivity contribution in [2.45, 2.75) is 0 Å². The third kappa shape index (κ3) is 3.20. The molecular weight excluding hydrogens is 418 g/mol. The summed E-state index contributed by atoms with van der Waals surface area (Å²) in [6, 6.07) is 17.4. The molecule has 3 heterocycles. The second kappa shape index (κ2) is 8.02. The molecule has 0 N–H and O–H groups in total. The summed E-state index contributed by atoms with van der Waals surface area (Å²) in [6.45, 7) is 0. The van der Waals surface area contributed by atoms with E-state index in [1.54, 1.807) is 33.3 Å². The lowest BCUT2D eigenvalue weighted by Gasteiger charge is -2.13. The fraction of sp³-hybridized carbons (Fsp3) is 0.154. The van der Waals surface area contributed by atoms with E-state index in [1.165, 1.54) is 0 Å². The molecule has 7 nitrogen and oxygen atoms in total. The van der Waals surface area contributed by atoms with E-state index in [9.17, 15) is 4.79 Å². The monoisotopic (exact) mass is 441 g/mol. The summed E-state index contributed by atoms with van der Waals surface area (Å²) in [5.41, 5.74) is 4.79. The number of likely N-dealkylation sites (N-methyl/N-ethyl adjacent to an activating group) is 1. The molecule has 1 amide bonds. The van der Waals surface area contributed by atoms with Crippen molar-refractivity contribution in [1.82, 2.24) is 9.38 Å². The molecule has 0 unspecified atom stereocenters. The first kappa shape index (κ1) is 20.6. The third-order valence-electron chi connectivity index (χ3n) is 5.87. The Morgan fingerprint density at radius 3 is 2.30 bits per heavy atom. The van der Waals surface area contributed by atoms with Gasteiger partial charge in [-0.1, -0.05) is 24.3 Å². The van der Waals surface area contributed by atoms with E-state index in [0.717, 1.165) is 22.3 Å². The Bertz CT molecular complexity index is 1400. The van der Waals surface area contributed by atoms with Gasteiger partial charge in [-0.3, -0.25) is 9.20 Å². The number of carbonyl (C=O) groups is 1.